The molecule has 17 heavy (non-hydrogen) atoms. The van der Waals surface area contributed by atoms with E-state index >= 15 is 0 Å². The third kappa shape index (κ3) is 1.58. The molecule has 3 saturated heterocycles. The van der Waals surface area contributed by atoms with Crippen molar-refractivity contribution >= 4 is 0 Å². The molecule has 0 aromatic rings. The minimum absolute atomic E-state index is 0.0639. The first kappa shape index (κ1) is 11.9. The number of ether oxygens (including phenoxy) is 1. The Hall–Kier alpha value is -0.160. The average molecular weight is 241 g/mol. The van der Waals surface area contributed by atoms with Gasteiger partial charge in [-0.3, -0.25) is 0 Å². The van der Waals surface area contributed by atoms with Crippen molar-refractivity contribution in [2.45, 2.75) is 49.9 Å². The SMILES string of the molecule is CN1CCC(O)(C2(CO)CC3CCC2O3)CC1. The Labute approximate surface area is 103 Å². The summed E-state index contributed by atoms with van der Waals surface area (Å²) in [5.41, 5.74) is -1.12. The maximum atomic E-state index is 11.0. The standard InChI is InChI=1S/C13H23NO3/c1-14-6-4-13(16,5-7-14)12(9-15)8-10-2-3-11(12)17-10/h10-11,15-16H,2-9H2,1H3. The van der Waals surface area contributed by atoms with Crippen molar-refractivity contribution in [1.82, 2.24) is 4.90 Å². The molecule has 4 heteroatoms. The minimum Gasteiger partial charge on any atom is -0.396 e. The summed E-state index contributed by atoms with van der Waals surface area (Å²) in [4.78, 5) is 2.24. The molecular formula is C13H23NO3. The molecule has 0 aromatic heterocycles. The third-order valence-corrected chi connectivity index (χ3v) is 5.34. The van der Waals surface area contributed by atoms with Crippen LogP contribution in [-0.4, -0.2) is 59.7 Å². The van der Waals surface area contributed by atoms with Crippen LogP contribution in [0, 0.1) is 5.41 Å². The summed E-state index contributed by atoms with van der Waals surface area (Å²) < 4.78 is 5.89. The molecule has 3 rings (SSSR count). The predicted molar refractivity (Wildman–Crippen MR) is 63.7 cm³/mol. The number of piperidine rings is 1. The number of hydrogen-bond donors (Lipinski definition) is 2. The normalized spacial score (nSPS) is 45.4. The Morgan fingerprint density at radius 2 is 2.00 bits per heavy atom. The Bertz CT molecular complexity index is 301. The van der Waals surface area contributed by atoms with Crippen LogP contribution in [0.3, 0.4) is 0 Å². The molecule has 0 spiro atoms. The highest BCUT2D eigenvalue weighted by Gasteiger charge is 2.62. The third-order valence-electron chi connectivity index (χ3n) is 5.34. The molecule has 2 N–H and O–H groups in total. The van der Waals surface area contributed by atoms with E-state index in [1.54, 1.807) is 0 Å². The molecule has 0 amide bonds. The first-order valence-electron chi connectivity index (χ1n) is 6.77. The van der Waals surface area contributed by atoms with Crippen molar-refractivity contribution in [3.8, 4) is 0 Å². The van der Waals surface area contributed by atoms with Gasteiger partial charge in [0.15, 0.2) is 0 Å². The highest BCUT2D eigenvalue weighted by molar-refractivity contribution is 5.11. The van der Waals surface area contributed by atoms with Gasteiger partial charge in [-0.2, -0.15) is 0 Å². The van der Waals surface area contributed by atoms with E-state index in [9.17, 15) is 10.2 Å². The van der Waals surface area contributed by atoms with Gasteiger partial charge in [-0.1, -0.05) is 0 Å². The highest BCUT2D eigenvalue weighted by atomic mass is 16.5. The number of rotatable bonds is 2. The fourth-order valence-electron chi connectivity index (χ4n) is 4.09. The molecule has 3 atom stereocenters. The Morgan fingerprint density at radius 1 is 1.29 bits per heavy atom. The van der Waals surface area contributed by atoms with Crippen LogP contribution in [0.5, 0.6) is 0 Å². The van der Waals surface area contributed by atoms with Crippen molar-refractivity contribution in [2.75, 3.05) is 26.7 Å². The van der Waals surface area contributed by atoms with Crippen LogP contribution in [0.4, 0.5) is 0 Å². The second-order valence-electron chi connectivity index (χ2n) is 6.18. The molecule has 3 aliphatic rings. The molecule has 3 aliphatic heterocycles. The van der Waals surface area contributed by atoms with Crippen molar-refractivity contribution in [3.63, 3.8) is 0 Å². The number of likely N-dealkylation sites (tertiary alicyclic amines) is 1. The molecule has 2 bridgehead atoms. The molecule has 3 heterocycles. The van der Waals surface area contributed by atoms with Crippen LogP contribution in [0.25, 0.3) is 0 Å². The molecule has 0 radical (unpaired) electrons. The monoisotopic (exact) mass is 241 g/mol. The number of aliphatic hydroxyl groups is 2. The maximum Gasteiger partial charge on any atom is 0.0775 e. The van der Waals surface area contributed by atoms with E-state index in [0.29, 0.717) is 0 Å². The Kier molecular flexibility index (Phi) is 2.74. The van der Waals surface area contributed by atoms with E-state index in [0.717, 1.165) is 45.2 Å². The lowest BCUT2D eigenvalue weighted by molar-refractivity contribution is -0.161. The molecule has 4 nitrogen and oxygen atoms in total. The zero-order valence-electron chi connectivity index (χ0n) is 10.6. The Morgan fingerprint density at radius 3 is 2.47 bits per heavy atom. The van der Waals surface area contributed by atoms with Gasteiger partial charge in [-0.05, 0) is 39.2 Å². The van der Waals surface area contributed by atoms with Crippen molar-refractivity contribution < 1.29 is 14.9 Å². The van der Waals surface area contributed by atoms with Crippen LogP contribution < -0.4 is 0 Å². The summed E-state index contributed by atoms with van der Waals surface area (Å²) in [5, 5.41) is 20.9. The number of nitrogens with zero attached hydrogens (tertiary/aromatic N) is 1. The van der Waals surface area contributed by atoms with Gasteiger partial charge in [0.25, 0.3) is 0 Å². The quantitative estimate of drug-likeness (QED) is 0.733. The lowest BCUT2D eigenvalue weighted by atomic mass is 9.60. The van der Waals surface area contributed by atoms with Crippen LogP contribution in [-0.2, 0) is 4.74 Å². The van der Waals surface area contributed by atoms with Gasteiger partial charge in [0.1, 0.15) is 0 Å². The first-order valence-corrected chi connectivity index (χ1v) is 6.77. The number of aliphatic hydroxyl groups excluding tert-OH is 1. The minimum atomic E-state index is -0.728. The summed E-state index contributed by atoms with van der Waals surface area (Å²) in [6, 6.07) is 0. The molecular weight excluding hydrogens is 218 g/mol. The fourth-order valence-corrected chi connectivity index (χ4v) is 4.09. The molecule has 0 aliphatic carbocycles. The van der Waals surface area contributed by atoms with Crippen LogP contribution in [0.15, 0.2) is 0 Å². The number of fused-ring (bicyclic) bond motifs is 2. The maximum absolute atomic E-state index is 11.0. The smallest absolute Gasteiger partial charge is 0.0775 e. The summed E-state index contributed by atoms with van der Waals surface area (Å²) in [7, 11) is 2.09. The van der Waals surface area contributed by atoms with Gasteiger partial charge in [0.2, 0.25) is 0 Å². The topological polar surface area (TPSA) is 52.9 Å². The predicted octanol–water partition coefficient (Wildman–Crippen LogP) is 0.373. The second kappa shape index (κ2) is 3.92. The van der Waals surface area contributed by atoms with E-state index in [4.69, 9.17) is 4.74 Å². The van der Waals surface area contributed by atoms with E-state index in [2.05, 4.69) is 11.9 Å². The van der Waals surface area contributed by atoms with Gasteiger partial charge in [0, 0.05) is 13.1 Å². The number of hydrogen-bond acceptors (Lipinski definition) is 4. The molecule has 0 saturated carbocycles. The largest absolute Gasteiger partial charge is 0.396 e. The van der Waals surface area contributed by atoms with E-state index in [1.807, 2.05) is 0 Å². The van der Waals surface area contributed by atoms with E-state index in [-0.39, 0.29) is 18.8 Å². The van der Waals surface area contributed by atoms with E-state index in [1.165, 1.54) is 0 Å². The lowest BCUT2D eigenvalue weighted by Gasteiger charge is -2.50. The average Bonchev–Trinajstić information content (AvgIpc) is 2.93. The van der Waals surface area contributed by atoms with Crippen LogP contribution in [0.2, 0.25) is 0 Å². The highest BCUT2D eigenvalue weighted by Crippen LogP contribution is 2.55. The van der Waals surface area contributed by atoms with E-state index < -0.39 is 11.0 Å². The molecule has 0 aromatic carbocycles. The van der Waals surface area contributed by atoms with Gasteiger partial charge in [-0.15, -0.1) is 0 Å². The first-order chi connectivity index (χ1) is 8.10. The van der Waals surface area contributed by atoms with Gasteiger partial charge in [-0.25, -0.2) is 0 Å². The van der Waals surface area contributed by atoms with Crippen molar-refractivity contribution in [1.29, 1.82) is 0 Å². The summed E-state index contributed by atoms with van der Waals surface area (Å²) >= 11 is 0. The van der Waals surface area contributed by atoms with Gasteiger partial charge < -0.3 is 19.8 Å². The zero-order chi connectivity index (χ0) is 12.1. The van der Waals surface area contributed by atoms with Crippen LogP contribution >= 0.6 is 0 Å². The Balaban J connectivity index is 1.85. The second-order valence-corrected chi connectivity index (χ2v) is 6.18. The zero-order valence-corrected chi connectivity index (χ0v) is 10.6. The molecule has 3 unspecified atom stereocenters. The van der Waals surface area contributed by atoms with Gasteiger partial charge in [0.05, 0.1) is 29.8 Å². The molecule has 3 fully saturated rings. The van der Waals surface area contributed by atoms with Crippen molar-refractivity contribution in [2.24, 2.45) is 5.41 Å². The van der Waals surface area contributed by atoms with Crippen molar-refractivity contribution in [3.05, 3.63) is 0 Å². The summed E-state index contributed by atoms with van der Waals surface area (Å²) in [5.74, 6) is 0. The molecule has 98 valence electrons. The lowest BCUT2D eigenvalue weighted by Crippen LogP contribution is -2.60. The van der Waals surface area contributed by atoms with Gasteiger partial charge >= 0.3 is 0 Å². The fraction of sp³-hybridized carbons (Fsp3) is 1.00. The summed E-state index contributed by atoms with van der Waals surface area (Å²) in [6.07, 6.45) is 4.81. The summed E-state index contributed by atoms with van der Waals surface area (Å²) in [6.45, 7) is 1.89. The van der Waals surface area contributed by atoms with Crippen LogP contribution in [0.1, 0.15) is 32.1 Å².